The van der Waals surface area contributed by atoms with E-state index in [0.717, 1.165) is 38.5 Å². The van der Waals surface area contributed by atoms with Crippen LogP contribution in [0, 0.1) is 0 Å². The molecule has 24 heavy (non-hydrogen) atoms. The zero-order valence-corrected chi connectivity index (χ0v) is 15.6. The van der Waals surface area contributed by atoms with Crippen LogP contribution in [0.3, 0.4) is 0 Å². The van der Waals surface area contributed by atoms with Crippen molar-refractivity contribution < 1.29 is 14.6 Å². The van der Waals surface area contributed by atoms with E-state index in [1.165, 1.54) is 32.6 Å². The van der Waals surface area contributed by atoms with Crippen LogP contribution >= 0.6 is 0 Å². The Balaban J connectivity index is 3.26. The second kappa shape index (κ2) is 18.0. The van der Waals surface area contributed by atoms with Crippen LogP contribution in [0.1, 0.15) is 78.1 Å². The number of esters is 1. The molecule has 0 amide bonds. The van der Waals surface area contributed by atoms with Gasteiger partial charge in [0.05, 0.1) is 6.61 Å². The fourth-order valence-corrected chi connectivity index (χ4v) is 2.19. The molecule has 0 saturated carbocycles. The summed E-state index contributed by atoms with van der Waals surface area (Å²) in [6.45, 7) is 4.01. The molecule has 0 aromatic carbocycles. The van der Waals surface area contributed by atoms with Crippen molar-refractivity contribution in [3.63, 3.8) is 0 Å². The largest absolute Gasteiger partial charge is 0.464 e. The van der Waals surface area contributed by atoms with E-state index in [9.17, 15) is 4.79 Å². The minimum atomic E-state index is -1.01. The van der Waals surface area contributed by atoms with Crippen molar-refractivity contribution in [3.05, 3.63) is 36.5 Å². The third kappa shape index (κ3) is 17.0. The third-order valence-corrected chi connectivity index (χ3v) is 3.63. The van der Waals surface area contributed by atoms with E-state index in [1.54, 1.807) is 0 Å². The van der Waals surface area contributed by atoms with Crippen LogP contribution in [0.2, 0.25) is 0 Å². The number of hydrogen-bond donors (Lipinski definition) is 1. The van der Waals surface area contributed by atoms with Gasteiger partial charge in [0.15, 0.2) is 0 Å². The minimum Gasteiger partial charge on any atom is -0.464 e. The number of rotatable bonds is 15. The first-order valence-corrected chi connectivity index (χ1v) is 9.48. The van der Waals surface area contributed by atoms with Crippen LogP contribution in [0.25, 0.3) is 0 Å². The molecule has 0 saturated heterocycles. The molecule has 0 rings (SSSR count). The number of carbonyl (C=O) groups excluding carboxylic acids is 1. The average Bonchev–Trinajstić information content (AvgIpc) is 2.57. The Morgan fingerprint density at radius 1 is 0.875 bits per heavy atom. The van der Waals surface area contributed by atoms with Gasteiger partial charge in [-0.05, 0) is 45.4 Å². The predicted octanol–water partition coefficient (Wildman–Crippen LogP) is 5.50. The summed E-state index contributed by atoms with van der Waals surface area (Å²) in [5.41, 5.74) is 0. The van der Waals surface area contributed by atoms with Crippen LogP contribution in [-0.2, 0) is 9.53 Å². The highest BCUT2D eigenvalue weighted by molar-refractivity contribution is 5.73. The first-order chi connectivity index (χ1) is 11.7. The number of carbonyl (C=O) groups is 1. The number of aliphatic hydroxyl groups excluding tert-OH is 1. The van der Waals surface area contributed by atoms with Crippen LogP contribution in [-0.4, -0.2) is 23.8 Å². The Labute approximate surface area is 148 Å². The molecule has 1 atom stereocenters. The molecular formula is C21H36O3. The third-order valence-electron chi connectivity index (χ3n) is 3.63. The molecule has 0 aliphatic heterocycles. The molecule has 0 aliphatic rings. The minimum absolute atomic E-state index is 0.425. The number of aliphatic hydroxyl groups is 1. The van der Waals surface area contributed by atoms with Crippen molar-refractivity contribution in [1.82, 2.24) is 0 Å². The van der Waals surface area contributed by atoms with E-state index >= 15 is 0 Å². The highest BCUT2D eigenvalue weighted by atomic mass is 16.5. The van der Waals surface area contributed by atoms with Gasteiger partial charge in [0.1, 0.15) is 6.10 Å². The molecule has 0 fully saturated rings. The van der Waals surface area contributed by atoms with Gasteiger partial charge in [-0.1, -0.05) is 69.1 Å². The summed E-state index contributed by atoms with van der Waals surface area (Å²) < 4.78 is 4.92. The van der Waals surface area contributed by atoms with Crippen LogP contribution in [0.5, 0.6) is 0 Å². The van der Waals surface area contributed by atoms with E-state index in [4.69, 9.17) is 9.84 Å². The number of ether oxygens (including phenoxy) is 1. The lowest BCUT2D eigenvalue weighted by Gasteiger charge is -2.06. The molecule has 1 N–H and O–H groups in total. The first-order valence-electron chi connectivity index (χ1n) is 9.48. The van der Waals surface area contributed by atoms with Crippen molar-refractivity contribution in [3.8, 4) is 0 Å². The van der Waals surface area contributed by atoms with Gasteiger partial charge in [0.2, 0.25) is 0 Å². The molecule has 0 aromatic heterocycles. The number of unbranched alkanes of at least 4 members (excludes halogenated alkanes) is 6. The van der Waals surface area contributed by atoms with Gasteiger partial charge in [-0.3, -0.25) is 0 Å². The normalized spacial score (nSPS) is 13.3. The second-order valence-corrected chi connectivity index (χ2v) is 6.05. The molecule has 0 heterocycles. The maximum atomic E-state index is 11.0. The van der Waals surface area contributed by atoms with Gasteiger partial charge in [0, 0.05) is 0 Å². The standard InChI is InChI=1S/C21H36O3/c1-3-4-5-6-7-8-9-10-11-12-13-14-15-16-17-18-19-24-21(23)20(2)22/h4-5,7-8,10-11,20,22H,3,6,9,12-19H2,1-2H3/b5-4-,8-7-,11-10-. The molecule has 0 spiro atoms. The van der Waals surface area contributed by atoms with Gasteiger partial charge in [-0.2, -0.15) is 0 Å². The fourth-order valence-electron chi connectivity index (χ4n) is 2.19. The Hall–Kier alpha value is -1.35. The van der Waals surface area contributed by atoms with Crippen LogP contribution < -0.4 is 0 Å². The van der Waals surface area contributed by atoms with E-state index in [0.29, 0.717) is 6.61 Å². The molecule has 138 valence electrons. The zero-order valence-electron chi connectivity index (χ0n) is 15.6. The van der Waals surface area contributed by atoms with Gasteiger partial charge in [0.25, 0.3) is 0 Å². The van der Waals surface area contributed by atoms with E-state index in [1.807, 2.05) is 0 Å². The molecule has 1 unspecified atom stereocenters. The Kier molecular flexibility index (Phi) is 17.0. The van der Waals surface area contributed by atoms with E-state index in [-0.39, 0.29) is 0 Å². The Morgan fingerprint density at radius 3 is 2.04 bits per heavy atom. The highest BCUT2D eigenvalue weighted by Crippen LogP contribution is 2.08. The first kappa shape index (κ1) is 22.6. The van der Waals surface area contributed by atoms with Crippen molar-refractivity contribution in [2.24, 2.45) is 0 Å². The summed E-state index contributed by atoms with van der Waals surface area (Å²) in [4.78, 5) is 11.0. The molecule has 3 nitrogen and oxygen atoms in total. The fraction of sp³-hybridized carbons (Fsp3) is 0.667. The van der Waals surface area contributed by atoms with Gasteiger partial charge < -0.3 is 9.84 Å². The summed E-state index contributed by atoms with van der Waals surface area (Å²) in [7, 11) is 0. The maximum absolute atomic E-state index is 11.0. The molecule has 0 radical (unpaired) electrons. The lowest BCUT2D eigenvalue weighted by atomic mass is 10.1. The summed E-state index contributed by atoms with van der Waals surface area (Å²) in [5.74, 6) is -0.519. The van der Waals surface area contributed by atoms with Crippen molar-refractivity contribution in [2.75, 3.05) is 6.61 Å². The van der Waals surface area contributed by atoms with E-state index in [2.05, 4.69) is 43.4 Å². The topological polar surface area (TPSA) is 46.5 Å². The molecule has 0 bridgehead atoms. The van der Waals surface area contributed by atoms with Gasteiger partial charge in [-0.25, -0.2) is 4.79 Å². The van der Waals surface area contributed by atoms with Gasteiger partial charge in [-0.15, -0.1) is 0 Å². The summed E-state index contributed by atoms with van der Waals surface area (Å²) in [6.07, 6.45) is 23.6. The molecular weight excluding hydrogens is 300 g/mol. The van der Waals surface area contributed by atoms with Crippen molar-refractivity contribution in [2.45, 2.75) is 84.2 Å². The number of hydrogen-bond acceptors (Lipinski definition) is 3. The lowest BCUT2D eigenvalue weighted by Crippen LogP contribution is -2.19. The zero-order chi connectivity index (χ0) is 17.9. The number of allylic oxidation sites excluding steroid dienone is 6. The smallest absolute Gasteiger partial charge is 0.334 e. The summed E-state index contributed by atoms with van der Waals surface area (Å²) in [6, 6.07) is 0. The van der Waals surface area contributed by atoms with Crippen molar-refractivity contribution >= 4 is 5.97 Å². The summed E-state index contributed by atoms with van der Waals surface area (Å²) >= 11 is 0. The Bertz CT molecular complexity index is 367. The van der Waals surface area contributed by atoms with Gasteiger partial charge >= 0.3 is 5.97 Å². The lowest BCUT2D eigenvalue weighted by molar-refractivity contribution is -0.152. The van der Waals surface area contributed by atoms with E-state index < -0.39 is 12.1 Å². The second-order valence-electron chi connectivity index (χ2n) is 6.05. The Morgan fingerprint density at radius 2 is 1.42 bits per heavy atom. The highest BCUT2D eigenvalue weighted by Gasteiger charge is 2.08. The maximum Gasteiger partial charge on any atom is 0.334 e. The molecule has 0 aliphatic carbocycles. The SMILES string of the molecule is CC/C=C\C/C=C\C/C=C\CCCCCCCCOC(=O)C(C)O. The van der Waals surface area contributed by atoms with Crippen molar-refractivity contribution in [1.29, 1.82) is 0 Å². The average molecular weight is 337 g/mol. The quantitative estimate of drug-likeness (QED) is 0.244. The summed E-state index contributed by atoms with van der Waals surface area (Å²) in [5, 5.41) is 8.97. The molecule has 0 aromatic rings. The predicted molar refractivity (Wildman–Crippen MR) is 102 cm³/mol. The van der Waals surface area contributed by atoms with Crippen LogP contribution in [0.15, 0.2) is 36.5 Å². The monoisotopic (exact) mass is 336 g/mol. The molecule has 3 heteroatoms. The van der Waals surface area contributed by atoms with Crippen LogP contribution in [0.4, 0.5) is 0 Å².